The number of nitrogens with one attached hydrogen (secondary N) is 2. The summed E-state index contributed by atoms with van der Waals surface area (Å²) in [5.41, 5.74) is 0. The number of aromatic nitrogens is 2. The average molecular weight is 281 g/mol. The Bertz CT molecular complexity index is 493. The zero-order valence-electron chi connectivity index (χ0n) is 11.5. The second kappa shape index (κ2) is 6.47. The first-order valence-electron chi connectivity index (χ1n) is 6.74. The highest BCUT2D eigenvalue weighted by molar-refractivity contribution is 5.75. The van der Waals surface area contributed by atoms with Crippen LogP contribution in [0.15, 0.2) is 6.20 Å². The molecule has 110 valence electrons. The van der Waals surface area contributed by atoms with Gasteiger partial charge in [-0.15, -0.1) is 0 Å². The van der Waals surface area contributed by atoms with Crippen LogP contribution in [-0.2, 0) is 11.3 Å². The minimum atomic E-state index is -0.532. The minimum absolute atomic E-state index is 0.0468. The van der Waals surface area contributed by atoms with Crippen molar-refractivity contribution < 1.29 is 9.72 Å². The lowest BCUT2D eigenvalue weighted by Gasteiger charge is -2.11. The Labute approximate surface area is 116 Å². The van der Waals surface area contributed by atoms with E-state index in [0.29, 0.717) is 31.4 Å². The van der Waals surface area contributed by atoms with E-state index >= 15 is 0 Å². The summed E-state index contributed by atoms with van der Waals surface area (Å²) in [5.74, 6) is 0.314. The lowest BCUT2D eigenvalue weighted by Crippen LogP contribution is -2.37. The Kier molecular flexibility index (Phi) is 4.67. The van der Waals surface area contributed by atoms with Gasteiger partial charge in [-0.1, -0.05) is 0 Å². The predicted octanol–water partition coefficient (Wildman–Crippen LogP) is 0.358. The molecule has 1 aromatic rings. The fourth-order valence-electron chi connectivity index (χ4n) is 2.28. The second-order valence-corrected chi connectivity index (χ2v) is 4.94. The number of imidazole rings is 1. The molecule has 0 spiro atoms. The second-order valence-electron chi connectivity index (χ2n) is 4.94. The lowest BCUT2D eigenvalue weighted by molar-refractivity contribution is -0.389. The molecule has 0 radical (unpaired) electrons. The van der Waals surface area contributed by atoms with E-state index in [9.17, 15) is 14.9 Å². The highest BCUT2D eigenvalue weighted by Gasteiger charge is 2.17. The van der Waals surface area contributed by atoms with Crippen LogP contribution >= 0.6 is 0 Å². The van der Waals surface area contributed by atoms with Crippen molar-refractivity contribution in [2.75, 3.05) is 13.1 Å². The van der Waals surface area contributed by atoms with Crippen molar-refractivity contribution in [2.24, 2.45) is 0 Å². The number of rotatable bonds is 6. The van der Waals surface area contributed by atoms with E-state index in [0.717, 1.165) is 19.4 Å². The normalized spacial score (nSPS) is 18.1. The average Bonchev–Trinajstić information content (AvgIpc) is 3.03. The monoisotopic (exact) mass is 281 g/mol. The lowest BCUT2D eigenvalue weighted by atomic mass is 10.2. The Hall–Kier alpha value is -1.96. The van der Waals surface area contributed by atoms with E-state index in [1.807, 2.05) is 0 Å². The molecule has 1 aromatic heterocycles. The quantitative estimate of drug-likeness (QED) is 0.579. The fourth-order valence-corrected chi connectivity index (χ4v) is 2.28. The SMILES string of the molecule is Cc1nc([N+](=O)[O-])cn1CCC(=O)NCC1CCCN1. The number of nitrogens with zero attached hydrogens (tertiary/aromatic N) is 3. The van der Waals surface area contributed by atoms with Gasteiger partial charge < -0.3 is 25.3 Å². The molecule has 0 aliphatic carbocycles. The van der Waals surface area contributed by atoms with Crippen LogP contribution in [0.3, 0.4) is 0 Å². The number of amides is 1. The number of hydrogen-bond acceptors (Lipinski definition) is 5. The van der Waals surface area contributed by atoms with Crippen molar-refractivity contribution in [2.45, 2.75) is 38.8 Å². The molecule has 1 unspecified atom stereocenters. The Morgan fingerprint density at radius 2 is 2.50 bits per heavy atom. The van der Waals surface area contributed by atoms with Crippen molar-refractivity contribution in [3.63, 3.8) is 0 Å². The molecule has 1 amide bonds. The van der Waals surface area contributed by atoms with Gasteiger partial charge in [0.15, 0.2) is 0 Å². The maximum atomic E-state index is 11.7. The predicted molar refractivity (Wildman–Crippen MR) is 72.3 cm³/mol. The van der Waals surface area contributed by atoms with E-state index in [1.54, 1.807) is 11.5 Å². The number of carbonyl (C=O) groups excluding carboxylic acids is 1. The van der Waals surface area contributed by atoms with Crippen molar-refractivity contribution in [3.05, 3.63) is 22.1 Å². The minimum Gasteiger partial charge on any atom is -0.358 e. The van der Waals surface area contributed by atoms with Gasteiger partial charge in [-0.2, -0.15) is 0 Å². The third kappa shape index (κ3) is 3.77. The molecule has 1 saturated heterocycles. The molecule has 1 fully saturated rings. The van der Waals surface area contributed by atoms with Gasteiger partial charge in [0.1, 0.15) is 6.20 Å². The molecule has 20 heavy (non-hydrogen) atoms. The van der Waals surface area contributed by atoms with Crippen LogP contribution in [0, 0.1) is 17.0 Å². The van der Waals surface area contributed by atoms with Crippen LogP contribution in [0.4, 0.5) is 5.82 Å². The van der Waals surface area contributed by atoms with E-state index < -0.39 is 4.92 Å². The summed E-state index contributed by atoms with van der Waals surface area (Å²) < 4.78 is 1.63. The van der Waals surface area contributed by atoms with Crippen LogP contribution in [0.25, 0.3) is 0 Å². The molecule has 0 bridgehead atoms. The molecule has 2 rings (SSSR count). The standard InChI is InChI=1S/C12H19N5O3/c1-9-15-11(17(19)20)8-16(9)6-4-12(18)14-7-10-3-2-5-13-10/h8,10,13H,2-7H2,1H3,(H,14,18). The maximum Gasteiger partial charge on any atom is 0.381 e. The van der Waals surface area contributed by atoms with Crippen LogP contribution in [0.2, 0.25) is 0 Å². The maximum absolute atomic E-state index is 11.7. The number of hydrogen-bond donors (Lipinski definition) is 2. The van der Waals surface area contributed by atoms with E-state index in [-0.39, 0.29) is 11.7 Å². The summed E-state index contributed by atoms with van der Waals surface area (Å²) in [4.78, 5) is 25.6. The first-order chi connectivity index (χ1) is 9.56. The summed E-state index contributed by atoms with van der Waals surface area (Å²) in [5, 5.41) is 16.8. The summed E-state index contributed by atoms with van der Waals surface area (Å²) in [6.45, 7) is 3.74. The van der Waals surface area contributed by atoms with E-state index in [2.05, 4.69) is 15.6 Å². The van der Waals surface area contributed by atoms with Gasteiger partial charge in [-0.25, -0.2) is 0 Å². The highest BCUT2D eigenvalue weighted by Crippen LogP contribution is 2.10. The summed E-state index contributed by atoms with van der Waals surface area (Å²) >= 11 is 0. The van der Waals surface area contributed by atoms with Gasteiger partial charge in [0.25, 0.3) is 0 Å². The molecule has 2 heterocycles. The third-order valence-corrected chi connectivity index (χ3v) is 3.44. The molecule has 8 nitrogen and oxygen atoms in total. The Balaban J connectivity index is 1.76. The van der Waals surface area contributed by atoms with Crippen molar-refractivity contribution in [1.29, 1.82) is 0 Å². The summed E-state index contributed by atoms with van der Waals surface area (Å²) in [7, 11) is 0. The first kappa shape index (κ1) is 14.4. The molecule has 0 aromatic carbocycles. The van der Waals surface area contributed by atoms with Crippen LogP contribution in [-0.4, -0.2) is 39.5 Å². The molecule has 1 aliphatic heterocycles. The van der Waals surface area contributed by atoms with E-state index in [4.69, 9.17) is 0 Å². The Morgan fingerprint density at radius 3 is 3.10 bits per heavy atom. The number of carbonyl (C=O) groups is 1. The molecular weight excluding hydrogens is 262 g/mol. The Morgan fingerprint density at radius 1 is 1.70 bits per heavy atom. The first-order valence-corrected chi connectivity index (χ1v) is 6.74. The van der Waals surface area contributed by atoms with Gasteiger partial charge in [0.2, 0.25) is 11.7 Å². The zero-order chi connectivity index (χ0) is 14.5. The van der Waals surface area contributed by atoms with Gasteiger partial charge >= 0.3 is 5.82 Å². The summed E-state index contributed by atoms with van der Waals surface area (Å²) in [6.07, 6.45) is 3.90. The van der Waals surface area contributed by atoms with Gasteiger partial charge in [-0.3, -0.25) is 4.79 Å². The van der Waals surface area contributed by atoms with Crippen molar-refractivity contribution in [1.82, 2.24) is 20.2 Å². The molecular formula is C12H19N5O3. The molecule has 1 aliphatic rings. The zero-order valence-corrected chi connectivity index (χ0v) is 11.5. The number of nitro groups is 1. The highest BCUT2D eigenvalue weighted by atomic mass is 16.6. The summed E-state index contributed by atoms with van der Waals surface area (Å²) in [6, 6.07) is 0.370. The van der Waals surface area contributed by atoms with Crippen molar-refractivity contribution in [3.8, 4) is 0 Å². The van der Waals surface area contributed by atoms with Crippen LogP contribution in [0.5, 0.6) is 0 Å². The van der Waals surface area contributed by atoms with Gasteiger partial charge in [-0.05, 0) is 29.3 Å². The largest absolute Gasteiger partial charge is 0.381 e. The number of aryl methyl sites for hydroxylation is 2. The van der Waals surface area contributed by atoms with E-state index in [1.165, 1.54) is 6.20 Å². The van der Waals surface area contributed by atoms with Crippen LogP contribution < -0.4 is 10.6 Å². The topological polar surface area (TPSA) is 102 Å². The molecule has 1 atom stereocenters. The van der Waals surface area contributed by atoms with Crippen molar-refractivity contribution >= 4 is 11.7 Å². The molecule has 0 saturated carbocycles. The van der Waals surface area contributed by atoms with Crippen LogP contribution in [0.1, 0.15) is 25.1 Å². The molecule has 8 heteroatoms. The van der Waals surface area contributed by atoms with Gasteiger partial charge in [0.05, 0.1) is 0 Å². The molecule has 2 N–H and O–H groups in total. The fraction of sp³-hybridized carbons (Fsp3) is 0.667. The van der Waals surface area contributed by atoms with Gasteiger partial charge in [0, 0.05) is 32.5 Å². The third-order valence-electron chi connectivity index (χ3n) is 3.44. The smallest absolute Gasteiger partial charge is 0.358 e.